The van der Waals surface area contributed by atoms with Crippen LogP contribution in [0.1, 0.15) is 10.6 Å². The number of hydrogen-bond donors (Lipinski definition) is 1. The second-order valence-corrected chi connectivity index (χ2v) is 5.87. The molecule has 0 atom stereocenters. The standard InChI is InChI=1S/C19H16BrNO4/c20-18-11-10-17(25-18)19(22)21-14-6-8-16(9-7-14)24-13-12-23-15-4-2-1-3-5-15/h1-11H,12-13H2,(H,21,22). The number of ether oxygens (including phenoxy) is 2. The van der Waals surface area contributed by atoms with Crippen LogP contribution in [0.15, 0.2) is 75.8 Å². The SMILES string of the molecule is O=C(Nc1ccc(OCCOc2ccccc2)cc1)c1ccc(Br)o1. The Labute approximate surface area is 153 Å². The first-order chi connectivity index (χ1) is 12.2. The Morgan fingerprint density at radius 1 is 0.880 bits per heavy atom. The fourth-order valence-corrected chi connectivity index (χ4v) is 2.41. The van der Waals surface area contributed by atoms with Crippen LogP contribution >= 0.6 is 15.9 Å². The van der Waals surface area contributed by atoms with Crippen LogP contribution in [-0.4, -0.2) is 19.1 Å². The minimum absolute atomic E-state index is 0.241. The number of amides is 1. The summed E-state index contributed by atoms with van der Waals surface area (Å²) in [6.07, 6.45) is 0. The number of carbonyl (C=O) groups is 1. The van der Waals surface area contributed by atoms with E-state index in [1.54, 1.807) is 36.4 Å². The molecule has 3 aromatic rings. The van der Waals surface area contributed by atoms with Gasteiger partial charge in [0, 0.05) is 5.69 Å². The minimum Gasteiger partial charge on any atom is -0.490 e. The van der Waals surface area contributed by atoms with E-state index in [4.69, 9.17) is 13.9 Å². The largest absolute Gasteiger partial charge is 0.490 e. The molecule has 1 heterocycles. The zero-order chi connectivity index (χ0) is 17.5. The molecule has 0 aliphatic rings. The molecule has 0 fully saturated rings. The van der Waals surface area contributed by atoms with E-state index in [0.29, 0.717) is 29.3 Å². The van der Waals surface area contributed by atoms with E-state index in [2.05, 4.69) is 21.2 Å². The predicted octanol–water partition coefficient (Wildman–Crippen LogP) is 4.75. The van der Waals surface area contributed by atoms with Gasteiger partial charge < -0.3 is 19.2 Å². The number of benzene rings is 2. The summed E-state index contributed by atoms with van der Waals surface area (Å²) in [7, 11) is 0. The highest BCUT2D eigenvalue weighted by Gasteiger charge is 2.10. The highest BCUT2D eigenvalue weighted by atomic mass is 79.9. The van der Waals surface area contributed by atoms with Crippen LogP contribution in [0.2, 0.25) is 0 Å². The number of para-hydroxylation sites is 1. The second kappa shape index (κ2) is 8.39. The quantitative estimate of drug-likeness (QED) is 0.580. The Kier molecular flexibility index (Phi) is 5.74. The average Bonchev–Trinajstić information content (AvgIpc) is 3.08. The molecule has 0 aliphatic heterocycles. The van der Waals surface area contributed by atoms with Crippen molar-refractivity contribution >= 4 is 27.5 Å². The Bertz CT molecular complexity index is 815. The van der Waals surface area contributed by atoms with Gasteiger partial charge in [0.1, 0.15) is 24.7 Å². The zero-order valence-corrected chi connectivity index (χ0v) is 14.9. The van der Waals surface area contributed by atoms with Gasteiger partial charge in [-0.3, -0.25) is 4.79 Å². The number of carbonyl (C=O) groups excluding carboxylic acids is 1. The predicted molar refractivity (Wildman–Crippen MR) is 98.2 cm³/mol. The van der Waals surface area contributed by atoms with Gasteiger partial charge in [-0.2, -0.15) is 0 Å². The molecule has 0 radical (unpaired) electrons. The van der Waals surface area contributed by atoms with E-state index < -0.39 is 0 Å². The first kappa shape index (κ1) is 17.1. The van der Waals surface area contributed by atoms with Crippen LogP contribution in [0.4, 0.5) is 5.69 Å². The van der Waals surface area contributed by atoms with Gasteiger partial charge in [0.2, 0.25) is 0 Å². The van der Waals surface area contributed by atoms with Crippen LogP contribution in [0, 0.1) is 0 Å². The van der Waals surface area contributed by atoms with Crippen LogP contribution in [0.3, 0.4) is 0 Å². The third-order valence-corrected chi connectivity index (χ3v) is 3.70. The molecule has 25 heavy (non-hydrogen) atoms. The molecule has 0 saturated heterocycles. The van der Waals surface area contributed by atoms with Gasteiger partial charge in [0.25, 0.3) is 5.91 Å². The van der Waals surface area contributed by atoms with Crippen molar-refractivity contribution in [2.45, 2.75) is 0 Å². The molecule has 0 bridgehead atoms. The maximum absolute atomic E-state index is 12.0. The summed E-state index contributed by atoms with van der Waals surface area (Å²) in [6.45, 7) is 0.886. The molecule has 5 nitrogen and oxygen atoms in total. The van der Waals surface area contributed by atoms with Gasteiger partial charge in [0.15, 0.2) is 10.4 Å². The van der Waals surface area contributed by atoms with Gasteiger partial charge in [-0.25, -0.2) is 0 Å². The van der Waals surface area contributed by atoms with Gasteiger partial charge >= 0.3 is 0 Å². The molecular formula is C19H16BrNO4. The minimum atomic E-state index is -0.310. The van der Waals surface area contributed by atoms with Crippen LogP contribution < -0.4 is 14.8 Å². The zero-order valence-electron chi connectivity index (χ0n) is 13.3. The third-order valence-electron chi connectivity index (χ3n) is 3.27. The Morgan fingerprint density at radius 3 is 2.12 bits per heavy atom. The number of furan rings is 1. The summed E-state index contributed by atoms with van der Waals surface area (Å²) in [5, 5.41) is 2.75. The summed E-state index contributed by atoms with van der Waals surface area (Å²) in [5.41, 5.74) is 0.658. The summed E-state index contributed by atoms with van der Waals surface area (Å²) in [6, 6.07) is 20.0. The van der Waals surface area contributed by atoms with Gasteiger partial charge in [0.05, 0.1) is 0 Å². The molecule has 6 heteroatoms. The molecule has 1 aromatic heterocycles. The van der Waals surface area contributed by atoms with E-state index in [0.717, 1.165) is 5.75 Å². The van der Waals surface area contributed by atoms with Crippen molar-refractivity contribution in [1.82, 2.24) is 0 Å². The highest BCUT2D eigenvalue weighted by Crippen LogP contribution is 2.18. The average molecular weight is 402 g/mol. The normalized spacial score (nSPS) is 10.3. The maximum atomic E-state index is 12.0. The van der Waals surface area contributed by atoms with E-state index in [9.17, 15) is 4.79 Å². The van der Waals surface area contributed by atoms with E-state index in [-0.39, 0.29) is 11.7 Å². The van der Waals surface area contributed by atoms with Crippen LogP contribution in [0.5, 0.6) is 11.5 Å². The topological polar surface area (TPSA) is 60.7 Å². The lowest BCUT2D eigenvalue weighted by Crippen LogP contribution is -2.11. The molecule has 1 amide bonds. The van der Waals surface area contributed by atoms with Gasteiger partial charge in [-0.1, -0.05) is 18.2 Å². The van der Waals surface area contributed by atoms with Crippen molar-refractivity contribution in [3.63, 3.8) is 0 Å². The Morgan fingerprint density at radius 2 is 1.52 bits per heavy atom. The van der Waals surface area contributed by atoms with Crippen molar-refractivity contribution in [2.75, 3.05) is 18.5 Å². The lowest BCUT2D eigenvalue weighted by molar-refractivity contribution is 0.0995. The number of hydrogen-bond acceptors (Lipinski definition) is 4. The smallest absolute Gasteiger partial charge is 0.291 e. The van der Waals surface area contributed by atoms with E-state index >= 15 is 0 Å². The number of nitrogens with one attached hydrogen (secondary N) is 1. The van der Waals surface area contributed by atoms with Crippen LogP contribution in [-0.2, 0) is 0 Å². The fraction of sp³-hybridized carbons (Fsp3) is 0.105. The summed E-state index contributed by atoms with van der Waals surface area (Å²) in [5.74, 6) is 1.45. The first-order valence-electron chi connectivity index (χ1n) is 7.68. The van der Waals surface area contributed by atoms with E-state index in [1.807, 2.05) is 30.3 Å². The molecule has 128 valence electrons. The first-order valence-corrected chi connectivity index (χ1v) is 8.47. The summed E-state index contributed by atoms with van der Waals surface area (Å²) >= 11 is 3.17. The molecule has 2 aromatic carbocycles. The van der Waals surface area contributed by atoms with Gasteiger partial charge in [-0.05, 0) is 64.5 Å². The van der Waals surface area contributed by atoms with E-state index in [1.165, 1.54) is 0 Å². The molecule has 0 unspecified atom stereocenters. The number of halogens is 1. The van der Waals surface area contributed by atoms with Crippen LogP contribution in [0.25, 0.3) is 0 Å². The third kappa shape index (κ3) is 5.12. The summed E-state index contributed by atoms with van der Waals surface area (Å²) in [4.78, 5) is 12.0. The molecule has 0 saturated carbocycles. The molecule has 1 N–H and O–H groups in total. The second-order valence-electron chi connectivity index (χ2n) is 5.09. The molecule has 3 rings (SSSR count). The Hall–Kier alpha value is -2.73. The van der Waals surface area contributed by atoms with Crippen molar-refractivity contribution in [2.24, 2.45) is 0 Å². The molecule has 0 aliphatic carbocycles. The summed E-state index contributed by atoms with van der Waals surface area (Å²) < 4.78 is 16.9. The molecular weight excluding hydrogens is 386 g/mol. The van der Waals surface area contributed by atoms with Crippen molar-refractivity contribution < 1.29 is 18.7 Å². The monoisotopic (exact) mass is 401 g/mol. The lowest BCUT2D eigenvalue weighted by Gasteiger charge is -2.09. The molecule has 0 spiro atoms. The van der Waals surface area contributed by atoms with Gasteiger partial charge in [-0.15, -0.1) is 0 Å². The van der Waals surface area contributed by atoms with Crippen molar-refractivity contribution in [3.8, 4) is 11.5 Å². The lowest BCUT2D eigenvalue weighted by atomic mass is 10.3. The Balaban J connectivity index is 1.44. The number of anilines is 1. The maximum Gasteiger partial charge on any atom is 0.291 e. The fourth-order valence-electron chi connectivity index (χ4n) is 2.10. The highest BCUT2D eigenvalue weighted by molar-refractivity contribution is 9.10. The van der Waals surface area contributed by atoms with Crippen molar-refractivity contribution in [3.05, 3.63) is 77.2 Å². The van der Waals surface area contributed by atoms with Crippen molar-refractivity contribution in [1.29, 1.82) is 0 Å². The number of rotatable bonds is 7.